The monoisotopic (exact) mass is 433 g/mol. The Hall–Kier alpha value is -2.76. The molecule has 1 aliphatic heterocycles. The van der Waals surface area contributed by atoms with Crippen LogP contribution in [0.25, 0.3) is 10.9 Å². The van der Waals surface area contributed by atoms with E-state index in [4.69, 9.17) is 11.6 Å². The number of halogens is 1. The van der Waals surface area contributed by atoms with Crippen LogP contribution < -0.4 is 0 Å². The highest BCUT2D eigenvalue weighted by Crippen LogP contribution is 2.40. The Labute approximate surface area is 184 Å². The SMILES string of the molecule is O=C(CSc1ccccn1)N1CCc2c([nH]c3ccccc23)[C@H]1c1ccccc1Cl. The first-order valence-electron chi connectivity index (χ1n) is 9.89. The molecule has 2 aromatic carbocycles. The Kier molecular flexibility index (Phi) is 5.23. The van der Waals surface area contributed by atoms with Gasteiger partial charge in [0.1, 0.15) is 0 Å². The molecule has 0 bridgehead atoms. The van der Waals surface area contributed by atoms with Crippen LogP contribution in [0.3, 0.4) is 0 Å². The molecule has 0 aliphatic carbocycles. The highest BCUT2D eigenvalue weighted by atomic mass is 35.5. The van der Waals surface area contributed by atoms with Gasteiger partial charge in [0.15, 0.2) is 0 Å². The van der Waals surface area contributed by atoms with E-state index in [9.17, 15) is 4.79 Å². The molecule has 1 atom stereocenters. The number of hydrogen-bond donors (Lipinski definition) is 1. The standard InChI is InChI=1S/C24H20ClN3OS/c25-19-9-3-1-8-18(19)24-23-17(16-7-2-4-10-20(16)27-23)12-14-28(24)22(29)15-30-21-11-5-6-13-26-21/h1-11,13,24,27H,12,14-15H2/t24-/m1/s1. The lowest BCUT2D eigenvalue weighted by molar-refractivity contribution is -0.130. The second kappa shape index (κ2) is 8.17. The van der Waals surface area contributed by atoms with Crippen molar-refractivity contribution in [3.63, 3.8) is 0 Å². The van der Waals surface area contributed by atoms with Crippen LogP contribution in [0.1, 0.15) is 22.9 Å². The quantitative estimate of drug-likeness (QED) is 0.433. The lowest BCUT2D eigenvalue weighted by atomic mass is 9.92. The number of nitrogens with one attached hydrogen (secondary N) is 1. The molecular formula is C24H20ClN3OS. The van der Waals surface area contributed by atoms with Crippen LogP contribution >= 0.6 is 23.4 Å². The summed E-state index contributed by atoms with van der Waals surface area (Å²) in [5.74, 6) is 0.424. The normalized spacial score (nSPS) is 15.9. The van der Waals surface area contributed by atoms with Crippen molar-refractivity contribution >= 4 is 40.2 Å². The Bertz CT molecular complexity index is 1210. The molecular weight excluding hydrogens is 414 g/mol. The number of H-pyrrole nitrogens is 1. The minimum atomic E-state index is -0.230. The first-order valence-corrected chi connectivity index (χ1v) is 11.3. The minimum absolute atomic E-state index is 0.0832. The predicted molar refractivity (Wildman–Crippen MR) is 122 cm³/mol. The largest absolute Gasteiger partial charge is 0.356 e. The van der Waals surface area contributed by atoms with Gasteiger partial charge in [0.25, 0.3) is 0 Å². The molecule has 0 saturated heterocycles. The van der Waals surface area contributed by atoms with Crippen LogP contribution in [-0.2, 0) is 11.2 Å². The number of rotatable bonds is 4. The first-order chi connectivity index (χ1) is 14.7. The lowest BCUT2D eigenvalue weighted by Crippen LogP contribution is -2.41. The Morgan fingerprint density at radius 1 is 1.10 bits per heavy atom. The van der Waals surface area contributed by atoms with E-state index in [0.717, 1.165) is 28.2 Å². The highest BCUT2D eigenvalue weighted by Gasteiger charge is 2.35. The molecule has 2 aromatic heterocycles. The van der Waals surface area contributed by atoms with Gasteiger partial charge in [-0.05, 0) is 41.8 Å². The maximum absolute atomic E-state index is 13.3. The van der Waals surface area contributed by atoms with Gasteiger partial charge >= 0.3 is 0 Å². The zero-order chi connectivity index (χ0) is 20.5. The molecule has 3 heterocycles. The van der Waals surface area contributed by atoms with Crippen molar-refractivity contribution in [1.29, 1.82) is 0 Å². The molecule has 4 aromatic rings. The summed E-state index contributed by atoms with van der Waals surface area (Å²) in [6, 6.07) is 21.6. The maximum atomic E-state index is 13.3. The number of para-hydroxylation sites is 1. The average Bonchev–Trinajstić information content (AvgIpc) is 3.17. The summed E-state index contributed by atoms with van der Waals surface area (Å²) in [6.45, 7) is 0.659. The predicted octanol–water partition coefficient (Wildman–Crippen LogP) is 5.48. The fraction of sp³-hybridized carbons (Fsp3) is 0.167. The molecule has 0 spiro atoms. The molecule has 6 heteroatoms. The molecule has 150 valence electrons. The third-order valence-electron chi connectivity index (χ3n) is 5.54. The number of aromatic nitrogens is 2. The van der Waals surface area contributed by atoms with Gasteiger partial charge in [0, 0.05) is 34.4 Å². The van der Waals surface area contributed by atoms with Gasteiger partial charge < -0.3 is 9.88 Å². The zero-order valence-corrected chi connectivity index (χ0v) is 17.8. The summed E-state index contributed by atoms with van der Waals surface area (Å²) in [5, 5.41) is 2.74. The Morgan fingerprint density at radius 3 is 2.73 bits per heavy atom. The summed E-state index contributed by atoms with van der Waals surface area (Å²) < 4.78 is 0. The van der Waals surface area contributed by atoms with E-state index in [1.165, 1.54) is 22.7 Å². The van der Waals surface area contributed by atoms with E-state index >= 15 is 0 Å². The van der Waals surface area contributed by atoms with Crippen molar-refractivity contribution in [1.82, 2.24) is 14.9 Å². The van der Waals surface area contributed by atoms with Crippen LogP contribution in [0.5, 0.6) is 0 Å². The number of pyridine rings is 1. The molecule has 1 aliphatic rings. The van der Waals surface area contributed by atoms with Crippen molar-refractivity contribution in [3.05, 3.63) is 94.8 Å². The van der Waals surface area contributed by atoms with E-state index in [1.807, 2.05) is 53.4 Å². The van der Waals surface area contributed by atoms with Gasteiger partial charge in [-0.25, -0.2) is 4.98 Å². The number of carbonyl (C=O) groups is 1. The minimum Gasteiger partial charge on any atom is -0.356 e. The molecule has 0 saturated carbocycles. The van der Waals surface area contributed by atoms with Crippen molar-refractivity contribution in [2.75, 3.05) is 12.3 Å². The molecule has 1 N–H and O–H groups in total. The second-order valence-electron chi connectivity index (χ2n) is 7.28. The van der Waals surface area contributed by atoms with Crippen molar-refractivity contribution < 1.29 is 4.79 Å². The number of hydrogen-bond acceptors (Lipinski definition) is 3. The molecule has 30 heavy (non-hydrogen) atoms. The zero-order valence-electron chi connectivity index (χ0n) is 16.2. The smallest absolute Gasteiger partial charge is 0.233 e. The van der Waals surface area contributed by atoms with Crippen LogP contribution in [0, 0.1) is 0 Å². The number of benzene rings is 2. The van der Waals surface area contributed by atoms with Crippen molar-refractivity contribution in [3.8, 4) is 0 Å². The summed E-state index contributed by atoms with van der Waals surface area (Å²) in [5.41, 5.74) is 4.38. The number of amides is 1. The molecule has 0 unspecified atom stereocenters. The van der Waals surface area contributed by atoms with Gasteiger partial charge in [-0.3, -0.25) is 4.79 Å². The topological polar surface area (TPSA) is 49.0 Å². The molecule has 0 fully saturated rings. The van der Waals surface area contributed by atoms with Gasteiger partial charge in [-0.1, -0.05) is 65.8 Å². The fourth-order valence-corrected chi connectivity index (χ4v) is 5.17. The van der Waals surface area contributed by atoms with Gasteiger partial charge in [-0.2, -0.15) is 0 Å². The van der Waals surface area contributed by atoms with Crippen LogP contribution in [-0.4, -0.2) is 33.1 Å². The summed E-state index contributed by atoms with van der Waals surface area (Å²) in [7, 11) is 0. The number of nitrogens with zero attached hydrogens (tertiary/aromatic N) is 2. The van der Waals surface area contributed by atoms with E-state index in [1.54, 1.807) is 6.20 Å². The Morgan fingerprint density at radius 2 is 1.90 bits per heavy atom. The molecule has 0 radical (unpaired) electrons. The summed E-state index contributed by atoms with van der Waals surface area (Å²) in [4.78, 5) is 23.2. The number of carbonyl (C=O) groups excluding carboxylic acids is 1. The molecule has 5 rings (SSSR count). The van der Waals surface area contributed by atoms with E-state index < -0.39 is 0 Å². The highest BCUT2D eigenvalue weighted by molar-refractivity contribution is 7.99. The van der Waals surface area contributed by atoms with E-state index in [2.05, 4.69) is 28.2 Å². The maximum Gasteiger partial charge on any atom is 0.233 e. The van der Waals surface area contributed by atoms with Gasteiger partial charge in [0.05, 0.1) is 16.8 Å². The number of thioether (sulfide) groups is 1. The third kappa shape index (κ3) is 3.48. The van der Waals surface area contributed by atoms with E-state index in [0.29, 0.717) is 17.3 Å². The Balaban J connectivity index is 1.53. The average molecular weight is 434 g/mol. The van der Waals surface area contributed by atoms with Crippen molar-refractivity contribution in [2.45, 2.75) is 17.5 Å². The summed E-state index contributed by atoms with van der Waals surface area (Å²) >= 11 is 8.06. The second-order valence-corrected chi connectivity index (χ2v) is 8.68. The molecule has 4 nitrogen and oxygen atoms in total. The summed E-state index contributed by atoms with van der Waals surface area (Å²) in [6.07, 6.45) is 2.57. The van der Waals surface area contributed by atoms with Gasteiger partial charge in [0.2, 0.25) is 5.91 Å². The third-order valence-corrected chi connectivity index (χ3v) is 6.81. The fourth-order valence-electron chi connectivity index (χ4n) is 4.18. The van der Waals surface area contributed by atoms with Crippen LogP contribution in [0.4, 0.5) is 0 Å². The van der Waals surface area contributed by atoms with Crippen LogP contribution in [0.2, 0.25) is 5.02 Å². The van der Waals surface area contributed by atoms with E-state index in [-0.39, 0.29) is 11.9 Å². The molecule has 1 amide bonds. The van der Waals surface area contributed by atoms with Crippen LogP contribution in [0.15, 0.2) is 78.0 Å². The number of fused-ring (bicyclic) bond motifs is 3. The number of aromatic amines is 1. The van der Waals surface area contributed by atoms with Crippen molar-refractivity contribution in [2.24, 2.45) is 0 Å². The first kappa shape index (κ1) is 19.2. The van der Waals surface area contributed by atoms with Gasteiger partial charge in [-0.15, -0.1) is 0 Å². The lowest BCUT2D eigenvalue weighted by Gasteiger charge is -2.36.